The number of likely N-dealkylation sites (tertiary alicyclic amines) is 1. The van der Waals surface area contributed by atoms with Crippen molar-refractivity contribution < 1.29 is 0 Å². The molecule has 6 heteroatoms. The van der Waals surface area contributed by atoms with Crippen LogP contribution in [0, 0.1) is 0 Å². The Hall–Kier alpha value is -1.89. The second-order valence-electron chi connectivity index (χ2n) is 9.02. The van der Waals surface area contributed by atoms with E-state index in [0.717, 1.165) is 45.1 Å². The lowest BCUT2D eigenvalue weighted by atomic mass is 10.0. The summed E-state index contributed by atoms with van der Waals surface area (Å²) in [5.41, 5.74) is 2.87. The number of aliphatic imine (C=N–C) groups is 1. The van der Waals surface area contributed by atoms with E-state index in [1.165, 1.54) is 24.0 Å². The smallest absolute Gasteiger partial charge is 0.191 e. The van der Waals surface area contributed by atoms with Gasteiger partial charge in [0.15, 0.2) is 5.96 Å². The van der Waals surface area contributed by atoms with Gasteiger partial charge >= 0.3 is 0 Å². The molecule has 31 heavy (non-hydrogen) atoms. The summed E-state index contributed by atoms with van der Waals surface area (Å²) in [6.07, 6.45) is 3.50. The molecule has 2 aliphatic rings. The highest BCUT2D eigenvalue weighted by atomic mass is 32.1. The first-order valence-corrected chi connectivity index (χ1v) is 12.6. The van der Waals surface area contributed by atoms with Crippen LogP contribution in [0.2, 0.25) is 0 Å². The van der Waals surface area contributed by atoms with Crippen LogP contribution in [0.3, 0.4) is 0 Å². The van der Waals surface area contributed by atoms with Crippen molar-refractivity contribution >= 4 is 17.3 Å². The fourth-order valence-corrected chi connectivity index (χ4v) is 5.70. The quantitative estimate of drug-likeness (QED) is 0.529. The van der Waals surface area contributed by atoms with Crippen molar-refractivity contribution in [1.29, 1.82) is 0 Å². The molecule has 5 nitrogen and oxygen atoms in total. The van der Waals surface area contributed by atoms with Gasteiger partial charge in [0.1, 0.15) is 0 Å². The zero-order valence-electron chi connectivity index (χ0n) is 19.2. The van der Waals surface area contributed by atoms with Gasteiger partial charge in [-0.15, -0.1) is 11.3 Å². The van der Waals surface area contributed by atoms with E-state index in [9.17, 15) is 0 Å². The number of thiophene rings is 1. The maximum absolute atomic E-state index is 4.54. The number of rotatable bonds is 6. The molecular formula is C25H37N5S. The van der Waals surface area contributed by atoms with Crippen molar-refractivity contribution in [2.24, 2.45) is 4.99 Å². The van der Waals surface area contributed by atoms with Crippen LogP contribution in [0.1, 0.15) is 48.7 Å². The van der Waals surface area contributed by atoms with Crippen molar-refractivity contribution in [2.75, 3.05) is 33.2 Å². The summed E-state index contributed by atoms with van der Waals surface area (Å²) in [7, 11) is 1.88. The second kappa shape index (κ2) is 10.6. The van der Waals surface area contributed by atoms with Crippen molar-refractivity contribution in [2.45, 2.75) is 57.8 Å². The predicted octanol–water partition coefficient (Wildman–Crippen LogP) is 3.89. The Morgan fingerprint density at radius 3 is 2.58 bits per heavy atom. The number of guanidine groups is 1. The molecule has 1 fully saturated rings. The Labute approximate surface area is 191 Å². The molecule has 2 N–H and O–H groups in total. The molecule has 0 radical (unpaired) electrons. The van der Waals surface area contributed by atoms with Gasteiger partial charge in [0, 0.05) is 56.7 Å². The molecule has 3 heterocycles. The third kappa shape index (κ3) is 5.68. The van der Waals surface area contributed by atoms with Gasteiger partial charge in [0.05, 0.1) is 6.04 Å². The van der Waals surface area contributed by atoms with Crippen molar-refractivity contribution in [3.8, 4) is 0 Å². The second-order valence-corrected chi connectivity index (χ2v) is 10.0. The van der Waals surface area contributed by atoms with Crippen LogP contribution in [0.5, 0.6) is 0 Å². The van der Waals surface area contributed by atoms with E-state index in [-0.39, 0.29) is 0 Å². The molecular weight excluding hydrogens is 402 g/mol. The van der Waals surface area contributed by atoms with Gasteiger partial charge in [-0.3, -0.25) is 9.89 Å². The SMILES string of the molecule is CN=C(NCC(c1ccccc1)N1CCc2sccc2C1)NC1CCN(C(C)C)CC1. The van der Waals surface area contributed by atoms with Gasteiger partial charge in [0.2, 0.25) is 0 Å². The van der Waals surface area contributed by atoms with E-state index in [2.05, 4.69) is 81.1 Å². The lowest BCUT2D eigenvalue weighted by Gasteiger charge is -2.37. The number of hydrogen-bond donors (Lipinski definition) is 2. The lowest BCUT2D eigenvalue weighted by molar-refractivity contribution is 0.166. The number of piperidine rings is 1. The first-order valence-electron chi connectivity index (χ1n) is 11.7. The van der Waals surface area contributed by atoms with Gasteiger partial charge in [-0.1, -0.05) is 30.3 Å². The highest BCUT2D eigenvalue weighted by Gasteiger charge is 2.26. The Balaban J connectivity index is 1.38. The van der Waals surface area contributed by atoms with E-state index >= 15 is 0 Å². The molecule has 2 aliphatic heterocycles. The van der Waals surface area contributed by atoms with Gasteiger partial charge in [0.25, 0.3) is 0 Å². The number of hydrogen-bond acceptors (Lipinski definition) is 4. The molecule has 1 aromatic carbocycles. The summed E-state index contributed by atoms with van der Waals surface area (Å²) in [6.45, 7) is 9.89. The summed E-state index contributed by atoms with van der Waals surface area (Å²) in [5, 5.41) is 9.57. The average molecular weight is 440 g/mol. The van der Waals surface area contributed by atoms with Crippen LogP contribution in [0.4, 0.5) is 0 Å². The summed E-state index contributed by atoms with van der Waals surface area (Å²) >= 11 is 1.90. The molecule has 0 aliphatic carbocycles. The van der Waals surface area contributed by atoms with E-state index in [1.807, 2.05) is 18.4 Å². The predicted molar refractivity (Wildman–Crippen MR) is 132 cm³/mol. The fourth-order valence-electron chi connectivity index (χ4n) is 4.81. The van der Waals surface area contributed by atoms with Crippen LogP contribution in [-0.2, 0) is 13.0 Å². The van der Waals surface area contributed by atoms with E-state index < -0.39 is 0 Å². The molecule has 168 valence electrons. The minimum absolute atomic E-state index is 0.329. The van der Waals surface area contributed by atoms with E-state index in [0.29, 0.717) is 18.1 Å². The standard InChI is InChI=1S/C25H37N5S/c1-19(2)29-13-9-22(10-14-29)28-25(26-3)27-17-23(20-7-5-4-6-8-20)30-15-11-24-21(18-30)12-16-31-24/h4-8,12,16,19,22-23H,9-11,13-15,17-18H2,1-3H3,(H2,26,27,28). The lowest BCUT2D eigenvalue weighted by Crippen LogP contribution is -2.51. The number of fused-ring (bicyclic) bond motifs is 1. The molecule has 0 amide bonds. The monoisotopic (exact) mass is 439 g/mol. The molecule has 1 atom stereocenters. The molecule has 1 saturated heterocycles. The molecule has 0 saturated carbocycles. The van der Waals surface area contributed by atoms with Crippen molar-refractivity contribution in [3.63, 3.8) is 0 Å². The maximum atomic E-state index is 4.54. The van der Waals surface area contributed by atoms with Crippen LogP contribution in [0.25, 0.3) is 0 Å². The number of benzene rings is 1. The topological polar surface area (TPSA) is 42.9 Å². The minimum atomic E-state index is 0.329. The summed E-state index contributed by atoms with van der Waals surface area (Å²) < 4.78 is 0. The normalized spacial score (nSPS) is 19.9. The maximum Gasteiger partial charge on any atom is 0.191 e. The highest BCUT2D eigenvalue weighted by Crippen LogP contribution is 2.30. The molecule has 0 spiro atoms. The van der Waals surface area contributed by atoms with Gasteiger partial charge in [-0.25, -0.2) is 0 Å². The molecule has 4 rings (SSSR count). The van der Waals surface area contributed by atoms with Gasteiger partial charge in [-0.05, 0) is 55.7 Å². The third-order valence-electron chi connectivity index (χ3n) is 6.75. The Kier molecular flexibility index (Phi) is 7.64. The molecule has 1 aromatic heterocycles. The third-order valence-corrected chi connectivity index (χ3v) is 7.77. The first-order chi connectivity index (χ1) is 15.1. The Bertz CT molecular complexity index is 839. The van der Waals surface area contributed by atoms with E-state index in [4.69, 9.17) is 0 Å². The van der Waals surface area contributed by atoms with Crippen LogP contribution >= 0.6 is 11.3 Å². The minimum Gasteiger partial charge on any atom is -0.354 e. The number of nitrogens with zero attached hydrogens (tertiary/aromatic N) is 3. The Morgan fingerprint density at radius 1 is 1.10 bits per heavy atom. The average Bonchev–Trinajstić information content (AvgIpc) is 3.27. The molecule has 2 aromatic rings. The van der Waals surface area contributed by atoms with Gasteiger partial charge < -0.3 is 15.5 Å². The van der Waals surface area contributed by atoms with Gasteiger partial charge in [-0.2, -0.15) is 0 Å². The van der Waals surface area contributed by atoms with Crippen LogP contribution in [0.15, 0.2) is 46.8 Å². The van der Waals surface area contributed by atoms with Crippen LogP contribution < -0.4 is 10.6 Å². The Morgan fingerprint density at radius 2 is 1.87 bits per heavy atom. The summed E-state index contributed by atoms with van der Waals surface area (Å²) in [6, 6.07) is 14.7. The molecule has 1 unspecified atom stereocenters. The largest absolute Gasteiger partial charge is 0.354 e. The first kappa shape index (κ1) is 22.3. The zero-order valence-corrected chi connectivity index (χ0v) is 20.0. The van der Waals surface area contributed by atoms with Crippen molar-refractivity contribution in [1.82, 2.24) is 20.4 Å². The van der Waals surface area contributed by atoms with Crippen LogP contribution in [-0.4, -0.2) is 61.1 Å². The van der Waals surface area contributed by atoms with Crippen molar-refractivity contribution in [3.05, 3.63) is 57.8 Å². The zero-order chi connectivity index (χ0) is 21.6. The van der Waals surface area contributed by atoms with E-state index in [1.54, 1.807) is 4.88 Å². The summed E-state index contributed by atoms with van der Waals surface area (Å²) in [5.74, 6) is 0.928. The molecule has 0 bridgehead atoms. The summed E-state index contributed by atoms with van der Waals surface area (Å²) in [4.78, 5) is 11.3. The fraction of sp³-hybridized carbons (Fsp3) is 0.560. The highest BCUT2D eigenvalue weighted by molar-refractivity contribution is 7.10. The number of nitrogens with one attached hydrogen (secondary N) is 2.